The minimum atomic E-state index is -0.0924. The lowest BCUT2D eigenvalue weighted by atomic mass is 9.90. The minimum Gasteiger partial charge on any atom is -0.312 e. The number of pyridine rings is 1. The van der Waals surface area contributed by atoms with Crippen LogP contribution in [0, 0.1) is 13.8 Å². The number of rotatable bonds is 1. The molecule has 0 aliphatic heterocycles. The fraction of sp³-hybridized carbons (Fsp3) is 0.333. The van der Waals surface area contributed by atoms with E-state index in [1.54, 1.807) is 0 Å². The lowest BCUT2D eigenvalue weighted by Gasteiger charge is -2.20. The number of aryl methyl sites for hydroxylation is 3. The Morgan fingerprint density at radius 2 is 2.00 bits per heavy atom. The molecule has 1 aliphatic carbocycles. The van der Waals surface area contributed by atoms with Gasteiger partial charge in [-0.15, -0.1) is 11.3 Å². The van der Waals surface area contributed by atoms with Crippen LogP contribution in [0.15, 0.2) is 17.2 Å². The van der Waals surface area contributed by atoms with E-state index in [1.807, 2.05) is 11.6 Å². The van der Waals surface area contributed by atoms with Gasteiger partial charge in [-0.25, -0.2) is 14.6 Å². The maximum Gasteiger partial charge on any atom is 0.268 e. The van der Waals surface area contributed by atoms with E-state index in [-0.39, 0.29) is 5.56 Å². The zero-order chi connectivity index (χ0) is 17.1. The molecule has 6 nitrogen and oxygen atoms in total. The van der Waals surface area contributed by atoms with Crippen LogP contribution in [-0.4, -0.2) is 24.7 Å². The second-order valence-electron chi connectivity index (χ2n) is 6.63. The number of hydrogen-bond donors (Lipinski definition) is 1. The van der Waals surface area contributed by atoms with Crippen molar-refractivity contribution in [3.05, 3.63) is 45.3 Å². The van der Waals surface area contributed by atoms with Gasteiger partial charge in [0.25, 0.3) is 5.56 Å². The van der Waals surface area contributed by atoms with Gasteiger partial charge in [-0.1, -0.05) is 0 Å². The molecule has 0 fully saturated rings. The fourth-order valence-electron chi connectivity index (χ4n) is 3.87. The van der Waals surface area contributed by atoms with Gasteiger partial charge in [0.1, 0.15) is 9.53 Å². The number of aromatic amines is 1. The zero-order valence-corrected chi connectivity index (χ0v) is 14.9. The topological polar surface area (TPSA) is 76.5 Å². The lowest BCUT2D eigenvalue weighted by Crippen LogP contribution is -2.13. The highest BCUT2D eigenvalue weighted by Gasteiger charge is 2.24. The summed E-state index contributed by atoms with van der Waals surface area (Å²) < 4.78 is 2.60. The molecule has 0 atom stereocenters. The number of nitrogens with zero attached hydrogens (tertiary/aromatic N) is 4. The molecule has 4 aromatic heterocycles. The molecule has 0 bridgehead atoms. The Labute approximate surface area is 147 Å². The fourth-order valence-corrected chi connectivity index (χ4v) is 4.92. The minimum absolute atomic E-state index is 0.0924. The average Bonchev–Trinajstić information content (AvgIpc) is 3.14. The largest absolute Gasteiger partial charge is 0.312 e. The van der Waals surface area contributed by atoms with E-state index >= 15 is 0 Å². The van der Waals surface area contributed by atoms with Crippen molar-refractivity contribution < 1.29 is 0 Å². The zero-order valence-electron chi connectivity index (χ0n) is 14.1. The molecule has 4 aromatic rings. The number of hydrogen-bond acceptors (Lipinski definition) is 5. The molecule has 0 amide bonds. The summed E-state index contributed by atoms with van der Waals surface area (Å²) in [5.74, 6) is 0.913. The first-order chi connectivity index (χ1) is 12.1. The van der Waals surface area contributed by atoms with Crippen molar-refractivity contribution >= 4 is 31.8 Å². The van der Waals surface area contributed by atoms with Gasteiger partial charge in [0.2, 0.25) is 0 Å². The summed E-state index contributed by atoms with van der Waals surface area (Å²) in [4.78, 5) is 25.1. The van der Waals surface area contributed by atoms with Crippen LogP contribution in [0.5, 0.6) is 0 Å². The van der Waals surface area contributed by atoms with Crippen molar-refractivity contribution in [3.63, 3.8) is 0 Å². The summed E-state index contributed by atoms with van der Waals surface area (Å²) in [5.41, 5.74) is 5.31. The number of nitrogens with one attached hydrogen (secondary N) is 1. The molecule has 7 heteroatoms. The second kappa shape index (κ2) is 5.23. The Hall–Kier alpha value is -2.54. The number of fused-ring (bicyclic) bond motifs is 5. The molecule has 126 valence electrons. The first kappa shape index (κ1) is 14.8. The van der Waals surface area contributed by atoms with Crippen LogP contribution >= 0.6 is 11.3 Å². The second-order valence-corrected chi connectivity index (χ2v) is 7.63. The SMILES string of the molecule is Cc1cc(C)n(-c2nc3sc4c(=O)[nH]cnc4c3c3c2CCCC3)n1. The van der Waals surface area contributed by atoms with Crippen molar-refractivity contribution in [2.24, 2.45) is 0 Å². The van der Waals surface area contributed by atoms with Crippen LogP contribution in [-0.2, 0) is 12.8 Å². The van der Waals surface area contributed by atoms with Crippen molar-refractivity contribution in [2.75, 3.05) is 0 Å². The van der Waals surface area contributed by atoms with Crippen LogP contribution in [0.4, 0.5) is 0 Å². The monoisotopic (exact) mass is 351 g/mol. The van der Waals surface area contributed by atoms with Gasteiger partial charge in [-0.3, -0.25) is 4.79 Å². The first-order valence-electron chi connectivity index (χ1n) is 8.49. The summed E-state index contributed by atoms with van der Waals surface area (Å²) in [7, 11) is 0. The summed E-state index contributed by atoms with van der Waals surface area (Å²) in [6.45, 7) is 4.05. The van der Waals surface area contributed by atoms with E-state index < -0.39 is 0 Å². The molecule has 4 heterocycles. The molecular weight excluding hydrogens is 334 g/mol. The average molecular weight is 351 g/mol. The van der Waals surface area contributed by atoms with Gasteiger partial charge in [-0.2, -0.15) is 5.10 Å². The van der Waals surface area contributed by atoms with Crippen molar-refractivity contribution in [1.82, 2.24) is 24.7 Å². The molecule has 0 saturated heterocycles. The third kappa shape index (κ3) is 2.08. The Bertz CT molecular complexity index is 1200. The first-order valence-corrected chi connectivity index (χ1v) is 9.30. The Morgan fingerprint density at radius 3 is 2.76 bits per heavy atom. The molecule has 0 spiro atoms. The predicted octanol–water partition coefficient (Wildman–Crippen LogP) is 3.21. The number of thiophene rings is 1. The van der Waals surface area contributed by atoms with E-state index in [9.17, 15) is 4.79 Å². The highest BCUT2D eigenvalue weighted by atomic mass is 32.1. The van der Waals surface area contributed by atoms with Gasteiger partial charge in [-0.05, 0) is 51.2 Å². The molecule has 0 saturated carbocycles. The van der Waals surface area contributed by atoms with Crippen molar-refractivity contribution in [1.29, 1.82) is 0 Å². The van der Waals surface area contributed by atoms with Crippen LogP contribution < -0.4 is 5.56 Å². The van der Waals surface area contributed by atoms with Crippen LogP contribution in [0.2, 0.25) is 0 Å². The van der Waals surface area contributed by atoms with E-state index in [2.05, 4.69) is 28.1 Å². The van der Waals surface area contributed by atoms with Gasteiger partial charge in [0, 0.05) is 16.6 Å². The van der Waals surface area contributed by atoms with Crippen LogP contribution in [0.1, 0.15) is 35.4 Å². The summed E-state index contributed by atoms with van der Waals surface area (Å²) in [6, 6.07) is 2.07. The Kier molecular flexibility index (Phi) is 3.09. The highest BCUT2D eigenvalue weighted by molar-refractivity contribution is 7.25. The lowest BCUT2D eigenvalue weighted by molar-refractivity contribution is 0.673. The molecule has 0 radical (unpaired) electrons. The van der Waals surface area contributed by atoms with Gasteiger partial charge in [0.15, 0.2) is 5.82 Å². The molecular formula is C18H17N5OS. The molecule has 1 N–H and O–H groups in total. The summed E-state index contributed by atoms with van der Waals surface area (Å²) in [6.07, 6.45) is 5.79. The van der Waals surface area contributed by atoms with Crippen LogP contribution in [0.3, 0.4) is 0 Å². The molecule has 0 aromatic carbocycles. The summed E-state index contributed by atoms with van der Waals surface area (Å²) >= 11 is 1.42. The third-order valence-electron chi connectivity index (χ3n) is 4.92. The highest BCUT2D eigenvalue weighted by Crippen LogP contribution is 2.38. The maximum atomic E-state index is 12.2. The maximum absolute atomic E-state index is 12.2. The quantitative estimate of drug-likeness (QED) is 0.571. The van der Waals surface area contributed by atoms with Gasteiger partial charge >= 0.3 is 0 Å². The Morgan fingerprint density at radius 1 is 1.20 bits per heavy atom. The molecule has 25 heavy (non-hydrogen) atoms. The third-order valence-corrected chi connectivity index (χ3v) is 5.99. The van der Waals surface area contributed by atoms with Crippen LogP contribution in [0.25, 0.3) is 26.3 Å². The normalized spacial score (nSPS) is 14.3. The van der Waals surface area contributed by atoms with Gasteiger partial charge in [0.05, 0.1) is 17.5 Å². The molecule has 5 rings (SSSR count). The van der Waals surface area contributed by atoms with E-state index in [1.165, 1.54) is 28.8 Å². The van der Waals surface area contributed by atoms with Crippen molar-refractivity contribution in [3.8, 4) is 5.82 Å². The summed E-state index contributed by atoms with van der Waals surface area (Å²) in [5, 5.41) is 5.70. The molecule has 0 unspecified atom stereocenters. The predicted molar refractivity (Wildman–Crippen MR) is 98.8 cm³/mol. The Balaban J connectivity index is 1.94. The molecule has 1 aliphatic rings. The smallest absolute Gasteiger partial charge is 0.268 e. The van der Waals surface area contributed by atoms with E-state index in [0.717, 1.165) is 58.6 Å². The van der Waals surface area contributed by atoms with E-state index in [4.69, 9.17) is 4.98 Å². The standard InChI is InChI=1S/C18H17N5OS/c1-9-7-10(2)23(22-9)16-12-6-4-3-5-11(12)13-14-15(25-18(13)21-16)17(24)20-8-19-14/h7-8H,3-6H2,1-2H3,(H,19,20,24). The number of aromatic nitrogens is 5. The van der Waals surface area contributed by atoms with Gasteiger partial charge < -0.3 is 4.98 Å². The van der Waals surface area contributed by atoms with E-state index in [0.29, 0.717) is 4.70 Å². The number of H-pyrrole nitrogens is 1. The van der Waals surface area contributed by atoms with Crippen molar-refractivity contribution in [2.45, 2.75) is 39.5 Å².